The van der Waals surface area contributed by atoms with E-state index in [9.17, 15) is 0 Å². The minimum absolute atomic E-state index is 0.675. The molecule has 0 aliphatic carbocycles. The highest BCUT2D eigenvalue weighted by Crippen LogP contribution is 2.36. The highest BCUT2D eigenvalue weighted by Gasteiger charge is 2.17. The van der Waals surface area contributed by atoms with Gasteiger partial charge in [-0.25, -0.2) is 0 Å². The third-order valence-corrected chi connectivity index (χ3v) is 4.02. The van der Waals surface area contributed by atoms with Crippen molar-refractivity contribution in [3.63, 3.8) is 0 Å². The van der Waals surface area contributed by atoms with Crippen LogP contribution in [0.1, 0.15) is 5.56 Å². The number of nitrogen functional groups attached to an aromatic ring is 1. The van der Waals surface area contributed by atoms with Crippen LogP contribution in [-0.2, 0) is 7.05 Å². The van der Waals surface area contributed by atoms with Gasteiger partial charge >= 0.3 is 0 Å². The first-order chi connectivity index (χ1) is 10.1. The molecule has 2 N–H and O–H groups in total. The van der Waals surface area contributed by atoms with E-state index >= 15 is 0 Å². The molecule has 0 bridgehead atoms. The lowest BCUT2D eigenvalue weighted by Gasteiger charge is -2.05. The van der Waals surface area contributed by atoms with E-state index in [1.807, 2.05) is 25.2 Å². The molecule has 3 aromatic rings. The fraction of sp³-hybridized carbons (Fsp3) is 0.118. The van der Waals surface area contributed by atoms with Gasteiger partial charge in [-0.3, -0.25) is 4.68 Å². The van der Waals surface area contributed by atoms with Crippen molar-refractivity contribution in [1.82, 2.24) is 9.78 Å². The zero-order valence-electron chi connectivity index (χ0n) is 12.0. The Morgan fingerprint density at radius 3 is 2.43 bits per heavy atom. The summed E-state index contributed by atoms with van der Waals surface area (Å²) in [6.45, 7) is 2.07. The number of rotatable bonds is 2. The van der Waals surface area contributed by atoms with Crippen LogP contribution in [-0.4, -0.2) is 9.78 Å². The molecule has 0 atom stereocenters. The van der Waals surface area contributed by atoms with E-state index in [2.05, 4.69) is 58.3 Å². The van der Waals surface area contributed by atoms with Crippen LogP contribution in [0.3, 0.4) is 0 Å². The van der Waals surface area contributed by atoms with E-state index in [4.69, 9.17) is 5.73 Å². The first-order valence-corrected chi connectivity index (χ1v) is 7.51. The molecular formula is C17H16BrN3. The van der Waals surface area contributed by atoms with Crippen LogP contribution in [0.15, 0.2) is 53.0 Å². The van der Waals surface area contributed by atoms with Crippen molar-refractivity contribution in [3.8, 4) is 22.4 Å². The normalized spacial score (nSPS) is 10.8. The lowest BCUT2D eigenvalue weighted by Crippen LogP contribution is -1.97. The molecule has 0 aliphatic heterocycles. The molecule has 3 rings (SSSR count). The maximum atomic E-state index is 6.24. The van der Waals surface area contributed by atoms with E-state index in [0.29, 0.717) is 5.82 Å². The molecule has 0 spiro atoms. The van der Waals surface area contributed by atoms with Gasteiger partial charge < -0.3 is 5.73 Å². The molecule has 4 heteroatoms. The van der Waals surface area contributed by atoms with Crippen molar-refractivity contribution in [1.29, 1.82) is 0 Å². The molecule has 1 aromatic heterocycles. The summed E-state index contributed by atoms with van der Waals surface area (Å²) in [6, 6.07) is 16.5. The molecule has 106 valence electrons. The fourth-order valence-electron chi connectivity index (χ4n) is 2.38. The van der Waals surface area contributed by atoms with Crippen molar-refractivity contribution in [3.05, 3.63) is 58.6 Å². The summed E-state index contributed by atoms with van der Waals surface area (Å²) in [6.07, 6.45) is 0. The van der Waals surface area contributed by atoms with Crippen LogP contribution < -0.4 is 5.73 Å². The quantitative estimate of drug-likeness (QED) is 0.750. The second kappa shape index (κ2) is 5.37. The Bertz CT molecular complexity index is 788. The van der Waals surface area contributed by atoms with E-state index in [1.165, 1.54) is 5.56 Å². The van der Waals surface area contributed by atoms with Gasteiger partial charge in [0.15, 0.2) is 0 Å². The van der Waals surface area contributed by atoms with Crippen molar-refractivity contribution in [2.75, 3.05) is 5.73 Å². The molecule has 1 heterocycles. The summed E-state index contributed by atoms with van der Waals surface area (Å²) >= 11 is 3.51. The van der Waals surface area contributed by atoms with Gasteiger partial charge in [0.1, 0.15) is 11.5 Å². The van der Waals surface area contributed by atoms with Gasteiger partial charge in [0.25, 0.3) is 0 Å². The predicted octanol–water partition coefficient (Wildman–Crippen LogP) is 4.41. The van der Waals surface area contributed by atoms with Crippen molar-refractivity contribution >= 4 is 21.7 Å². The molecule has 0 saturated heterocycles. The summed E-state index contributed by atoms with van der Waals surface area (Å²) in [7, 11) is 1.87. The van der Waals surface area contributed by atoms with Crippen molar-refractivity contribution in [2.24, 2.45) is 7.05 Å². The maximum absolute atomic E-state index is 6.24. The third kappa shape index (κ3) is 2.59. The van der Waals surface area contributed by atoms with E-state index in [-0.39, 0.29) is 0 Å². The molecule has 2 aromatic carbocycles. The van der Waals surface area contributed by atoms with Crippen molar-refractivity contribution < 1.29 is 0 Å². The Morgan fingerprint density at radius 1 is 1.05 bits per heavy atom. The Hall–Kier alpha value is -2.07. The smallest absolute Gasteiger partial charge is 0.129 e. The number of hydrogen-bond acceptors (Lipinski definition) is 2. The predicted molar refractivity (Wildman–Crippen MR) is 90.9 cm³/mol. The zero-order valence-corrected chi connectivity index (χ0v) is 13.6. The third-order valence-electron chi connectivity index (χ3n) is 3.53. The van der Waals surface area contributed by atoms with Gasteiger partial charge in [0.05, 0.1) is 5.56 Å². The number of aryl methyl sites for hydroxylation is 2. The van der Waals surface area contributed by atoms with Crippen molar-refractivity contribution in [2.45, 2.75) is 6.92 Å². The number of benzene rings is 2. The summed E-state index contributed by atoms with van der Waals surface area (Å²) in [5, 5.41) is 4.59. The monoisotopic (exact) mass is 341 g/mol. The first-order valence-electron chi connectivity index (χ1n) is 6.71. The van der Waals surface area contributed by atoms with Gasteiger partial charge in [-0.1, -0.05) is 57.9 Å². The minimum atomic E-state index is 0.675. The second-order valence-corrected chi connectivity index (χ2v) is 6.02. The van der Waals surface area contributed by atoms with Crippen LogP contribution >= 0.6 is 15.9 Å². The van der Waals surface area contributed by atoms with E-state index in [0.717, 1.165) is 26.9 Å². The summed E-state index contributed by atoms with van der Waals surface area (Å²) in [5.41, 5.74) is 11.5. The summed E-state index contributed by atoms with van der Waals surface area (Å²) in [4.78, 5) is 0. The number of halogens is 1. The molecule has 0 fully saturated rings. The Kier molecular flexibility index (Phi) is 3.55. The summed E-state index contributed by atoms with van der Waals surface area (Å²) in [5.74, 6) is 0.675. The topological polar surface area (TPSA) is 43.8 Å². The van der Waals surface area contributed by atoms with Crippen LogP contribution in [0, 0.1) is 6.92 Å². The van der Waals surface area contributed by atoms with E-state index in [1.54, 1.807) is 4.68 Å². The van der Waals surface area contributed by atoms with Crippen LogP contribution in [0.5, 0.6) is 0 Å². The molecule has 0 unspecified atom stereocenters. The lowest BCUT2D eigenvalue weighted by atomic mass is 10.00. The highest BCUT2D eigenvalue weighted by atomic mass is 79.9. The van der Waals surface area contributed by atoms with Gasteiger partial charge in [-0.2, -0.15) is 5.10 Å². The molecule has 3 nitrogen and oxygen atoms in total. The molecule has 0 aliphatic rings. The number of anilines is 1. The molecule has 0 saturated carbocycles. The number of nitrogens with zero attached hydrogens (tertiary/aromatic N) is 2. The van der Waals surface area contributed by atoms with Crippen LogP contribution in [0.25, 0.3) is 22.4 Å². The van der Waals surface area contributed by atoms with Gasteiger partial charge in [-0.15, -0.1) is 0 Å². The Labute approximate surface area is 132 Å². The number of aromatic nitrogens is 2. The Balaban J connectivity index is 2.23. The van der Waals surface area contributed by atoms with Gasteiger partial charge in [-0.05, 0) is 24.6 Å². The lowest BCUT2D eigenvalue weighted by molar-refractivity contribution is 0.782. The average molecular weight is 342 g/mol. The van der Waals surface area contributed by atoms with Gasteiger partial charge in [0, 0.05) is 17.1 Å². The van der Waals surface area contributed by atoms with Crippen LogP contribution in [0.4, 0.5) is 5.82 Å². The zero-order chi connectivity index (χ0) is 15.0. The summed E-state index contributed by atoms with van der Waals surface area (Å²) < 4.78 is 2.75. The standard InChI is InChI=1S/C17H16BrN3/c1-11-6-8-12(9-7-11)15-16(20-21(2)17(15)19)13-4-3-5-14(18)10-13/h3-10H,19H2,1-2H3. The Morgan fingerprint density at radius 2 is 1.76 bits per heavy atom. The van der Waals surface area contributed by atoms with Crippen LogP contribution in [0.2, 0.25) is 0 Å². The molecule has 0 radical (unpaired) electrons. The minimum Gasteiger partial charge on any atom is -0.383 e. The molecule has 21 heavy (non-hydrogen) atoms. The average Bonchev–Trinajstić information content (AvgIpc) is 2.76. The number of hydrogen-bond donors (Lipinski definition) is 1. The number of nitrogens with two attached hydrogens (primary N) is 1. The molecular weight excluding hydrogens is 326 g/mol. The SMILES string of the molecule is Cc1ccc(-c2c(-c3cccc(Br)c3)nn(C)c2N)cc1. The molecule has 0 amide bonds. The first kappa shape index (κ1) is 13.9. The maximum Gasteiger partial charge on any atom is 0.129 e. The second-order valence-electron chi connectivity index (χ2n) is 5.11. The highest BCUT2D eigenvalue weighted by molar-refractivity contribution is 9.10. The largest absolute Gasteiger partial charge is 0.383 e. The van der Waals surface area contributed by atoms with Gasteiger partial charge in [0.2, 0.25) is 0 Å². The van der Waals surface area contributed by atoms with E-state index < -0.39 is 0 Å². The fourth-order valence-corrected chi connectivity index (χ4v) is 2.78.